The molecule has 2 heterocycles. The average Bonchev–Trinajstić information content (AvgIpc) is 3.37. The Labute approximate surface area is 178 Å². The molecular weight excluding hydrogens is 420 g/mol. The topological polar surface area (TPSA) is 130 Å². The summed E-state index contributed by atoms with van der Waals surface area (Å²) >= 11 is 0. The fourth-order valence-electron chi connectivity index (χ4n) is 2.97. The molecule has 1 aliphatic rings. The number of anilines is 2. The quantitative estimate of drug-likeness (QED) is 0.564. The van der Waals surface area contributed by atoms with Crippen LogP contribution in [0.5, 0.6) is 0 Å². The second-order valence-electron chi connectivity index (χ2n) is 6.75. The number of fused-ring (bicyclic) bond motifs is 1. The fourth-order valence-corrected chi connectivity index (χ4v) is 4.21. The summed E-state index contributed by atoms with van der Waals surface area (Å²) in [6, 6.07) is 15.3. The summed E-state index contributed by atoms with van der Waals surface area (Å²) in [5.74, 6) is -0.474. The molecule has 10 heteroatoms. The minimum absolute atomic E-state index is 0.133. The molecule has 1 aliphatic heterocycles. The molecule has 0 unspecified atom stereocenters. The smallest absolute Gasteiger partial charge is 0.291 e. The number of amides is 2. The summed E-state index contributed by atoms with van der Waals surface area (Å²) in [6.07, 6.45) is 1.41. The molecule has 3 aromatic rings. The third-order valence-corrected chi connectivity index (χ3v) is 5.92. The Morgan fingerprint density at radius 2 is 1.65 bits per heavy atom. The first kappa shape index (κ1) is 20.4. The van der Waals surface area contributed by atoms with Gasteiger partial charge in [0.15, 0.2) is 5.76 Å². The molecule has 0 bridgehead atoms. The van der Waals surface area contributed by atoms with E-state index in [0.29, 0.717) is 16.9 Å². The lowest BCUT2D eigenvalue weighted by molar-refractivity contribution is -0.117. The summed E-state index contributed by atoms with van der Waals surface area (Å²) in [5, 5.41) is 5.39. The van der Waals surface area contributed by atoms with Gasteiger partial charge in [-0.2, -0.15) is 0 Å². The molecule has 4 rings (SSSR count). The minimum Gasteiger partial charge on any atom is -0.459 e. The number of carbonyl (C=O) groups is 2. The number of nitrogens with one attached hydrogen (secondary N) is 3. The molecule has 2 amide bonds. The Balaban J connectivity index is 1.42. The number of rotatable bonds is 5. The van der Waals surface area contributed by atoms with Crippen LogP contribution in [-0.4, -0.2) is 32.1 Å². The SMILES string of the molecule is C[C@H](N=C1NS(=O)(=O)c2ccccc21)C(=O)Nc1ccc(NC(=O)c2ccco2)cc1. The van der Waals surface area contributed by atoms with E-state index in [0.717, 1.165) is 0 Å². The largest absolute Gasteiger partial charge is 0.459 e. The third kappa shape index (κ3) is 4.33. The van der Waals surface area contributed by atoms with Crippen molar-refractivity contribution in [3.8, 4) is 0 Å². The van der Waals surface area contributed by atoms with Crippen LogP contribution in [0, 0.1) is 0 Å². The summed E-state index contributed by atoms with van der Waals surface area (Å²) < 4.78 is 31.7. The van der Waals surface area contributed by atoms with Gasteiger partial charge in [0.25, 0.3) is 15.9 Å². The monoisotopic (exact) mass is 438 g/mol. The van der Waals surface area contributed by atoms with Gasteiger partial charge in [-0.1, -0.05) is 12.1 Å². The van der Waals surface area contributed by atoms with Gasteiger partial charge in [-0.05, 0) is 55.5 Å². The Kier molecular flexibility index (Phi) is 5.30. The molecule has 0 aliphatic carbocycles. The van der Waals surface area contributed by atoms with Crippen LogP contribution in [-0.2, 0) is 14.8 Å². The zero-order chi connectivity index (χ0) is 22.0. The van der Waals surface area contributed by atoms with Crippen molar-refractivity contribution in [3.05, 3.63) is 78.3 Å². The first-order valence-electron chi connectivity index (χ1n) is 9.29. The van der Waals surface area contributed by atoms with Gasteiger partial charge in [0, 0.05) is 16.9 Å². The maximum Gasteiger partial charge on any atom is 0.291 e. The zero-order valence-corrected chi connectivity index (χ0v) is 17.1. The van der Waals surface area contributed by atoms with Gasteiger partial charge in [-0.25, -0.2) is 8.42 Å². The molecule has 0 radical (unpaired) electrons. The second kappa shape index (κ2) is 8.07. The molecule has 0 saturated heterocycles. The Morgan fingerprint density at radius 3 is 2.32 bits per heavy atom. The Bertz CT molecular complexity index is 1270. The number of carbonyl (C=O) groups excluding carboxylic acids is 2. The van der Waals surface area contributed by atoms with Crippen molar-refractivity contribution in [1.82, 2.24) is 4.72 Å². The van der Waals surface area contributed by atoms with Crippen LogP contribution >= 0.6 is 0 Å². The number of aliphatic imine (C=N–C) groups is 1. The highest BCUT2D eigenvalue weighted by atomic mass is 32.2. The molecule has 31 heavy (non-hydrogen) atoms. The molecular formula is C21H18N4O5S. The van der Waals surface area contributed by atoms with Crippen LogP contribution in [0.1, 0.15) is 23.0 Å². The van der Waals surface area contributed by atoms with E-state index in [-0.39, 0.29) is 22.4 Å². The first-order chi connectivity index (χ1) is 14.8. The maximum absolute atomic E-state index is 12.5. The maximum atomic E-state index is 12.5. The van der Waals surface area contributed by atoms with E-state index < -0.39 is 22.0 Å². The van der Waals surface area contributed by atoms with Crippen LogP contribution < -0.4 is 15.4 Å². The molecule has 2 aromatic carbocycles. The molecule has 0 spiro atoms. The lowest BCUT2D eigenvalue weighted by Crippen LogP contribution is -2.28. The first-order valence-corrected chi connectivity index (χ1v) is 10.8. The molecule has 158 valence electrons. The van der Waals surface area contributed by atoms with E-state index in [1.807, 2.05) is 0 Å². The lowest BCUT2D eigenvalue weighted by atomic mass is 10.2. The van der Waals surface area contributed by atoms with Crippen molar-refractivity contribution in [2.24, 2.45) is 4.99 Å². The summed E-state index contributed by atoms with van der Waals surface area (Å²) in [6.45, 7) is 1.56. The zero-order valence-electron chi connectivity index (χ0n) is 16.3. The highest BCUT2D eigenvalue weighted by molar-refractivity contribution is 7.90. The van der Waals surface area contributed by atoms with Gasteiger partial charge in [-0.3, -0.25) is 19.3 Å². The van der Waals surface area contributed by atoms with Gasteiger partial charge in [0.05, 0.1) is 11.2 Å². The number of amidine groups is 1. The van der Waals surface area contributed by atoms with E-state index in [4.69, 9.17) is 4.42 Å². The minimum atomic E-state index is -3.67. The van der Waals surface area contributed by atoms with Crippen molar-refractivity contribution >= 4 is 39.0 Å². The number of furan rings is 1. The molecule has 3 N–H and O–H groups in total. The lowest BCUT2D eigenvalue weighted by Gasteiger charge is -2.10. The van der Waals surface area contributed by atoms with Gasteiger partial charge >= 0.3 is 0 Å². The standard InChI is InChI=1S/C21H18N4O5S/c1-13(22-19-16-5-2-3-7-18(16)31(28,29)25-19)20(26)23-14-8-10-15(11-9-14)24-21(27)17-6-4-12-30-17/h2-13H,1H3,(H,22,25)(H,23,26)(H,24,27)/t13-/m0/s1. The third-order valence-electron chi connectivity index (χ3n) is 4.52. The summed E-state index contributed by atoms with van der Waals surface area (Å²) in [7, 11) is -3.67. The fraction of sp³-hybridized carbons (Fsp3) is 0.0952. The van der Waals surface area contributed by atoms with Gasteiger partial charge in [0.1, 0.15) is 11.9 Å². The van der Waals surface area contributed by atoms with Crippen LogP contribution in [0.15, 0.2) is 81.2 Å². The van der Waals surface area contributed by atoms with E-state index in [1.54, 1.807) is 61.5 Å². The normalized spacial score (nSPS) is 16.2. The predicted octanol–water partition coefficient (Wildman–Crippen LogP) is 2.60. The Hall–Kier alpha value is -3.92. The van der Waals surface area contributed by atoms with Crippen molar-refractivity contribution in [3.63, 3.8) is 0 Å². The highest BCUT2D eigenvalue weighted by Gasteiger charge is 2.31. The highest BCUT2D eigenvalue weighted by Crippen LogP contribution is 2.23. The number of sulfonamides is 1. The molecule has 1 aromatic heterocycles. The molecule has 9 nitrogen and oxygen atoms in total. The molecule has 0 fully saturated rings. The van der Waals surface area contributed by atoms with Gasteiger partial charge < -0.3 is 15.1 Å². The number of hydrogen-bond donors (Lipinski definition) is 3. The summed E-state index contributed by atoms with van der Waals surface area (Å²) in [5.41, 5.74) is 1.46. The van der Waals surface area contributed by atoms with Crippen LogP contribution in [0.4, 0.5) is 11.4 Å². The van der Waals surface area contributed by atoms with E-state index in [2.05, 4.69) is 20.3 Å². The van der Waals surface area contributed by atoms with E-state index in [9.17, 15) is 18.0 Å². The van der Waals surface area contributed by atoms with E-state index in [1.165, 1.54) is 12.3 Å². The van der Waals surface area contributed by atoms with Crippen LogP contribution in [0.2, 0.25) is 0 Å². The van der Waals surface area contributed by atoms with Crippen molar-refractivity contribution < 1.29 is 22.4 Å². The van der Waals surface area contributed by atoms with Crippen molar-refractivity contribution in [1.29, 1.82) is 0 Å². The molecule has 0 saturated carbocycles. The van der Waals surface area contributed by atoms with Crippen molar-refractivity contribution in [2.75, 3.05) is 10.6 Å². The number of benzene rings is 2. The average molecular weight is 438 g/mol. The van der Waals surface area contributed by atoms with Crippen LogP contribution in [0.3, 0.4) is 0 Å². The predicted molar refractivity (Wildman–Crippen MR) is 114 cm³/mol. The summed E-state index contributed by atoms with van der Waals surface area (Å²) in [4.78, 5) is 28.9. The van der Waals surface area contributed by atoms with Gasteiger partial charge in [-0.15, -0.1) is 0 Å². The van der Waals surface area contributed by atoms with E-state index >= 15 is 0 Å². The van der Waals surface area contributed by atoms with Crippen molar-refractivity contribution in [2.45, 2.75) is 17.9 Å². The Morgan fingerprint density at radius 1 is 0.968 bits per heavy atom. The number of nitrogens with zero attached hydrogens (tertiary/aromatic N) is 1. The van der Waals surface area contributed by atoms with Gasteiger partial charge in [0.2, 0.25) is 5.91 Å². The second-order valence-corrected chi connectivity index (χ2v) is 8.40. The number of hydrogen-bond acceptors (Lipinski definition) is 6. The van der Waals surface area contributed by atoms with Crippen LogP contribution in [0.25, 0.3) is 0 Å². The molecule has 1 atom stereocenters.